The zero-order valence-corrected chi connectivity index (χ0v) is 13.6. The molecule has 2 rings (SSSR count). The second-order valence-corrected chi connectivity index (χ2v) is 6.58. The SMILES string of the molecule is CCN(Cc1ccoc1)C(=O)NCC1(SC)CCOCC1. The summed E-state index contributed by atoms with van der Waals surface area (Å²) in [6.07, 6.45) is 7.40. The zero-order valence-electron chi connectivity index (χ0n) is 12.8. The van der Waals surface area contributed by atoms with Crippen LogP contribution in [0, 0.1) is 0 Å². The summed E-state index contributed by atoms with van der Waals surface area (Å²) in [5.41, 5.74) is 1.01. The Morgan fingerprint density at radius 1 is 1.48 bits per heavy atom. The van der Waals surface area contributed by atoms with Gasteiger partial charge in [-0.25, -0.2) is 4.79 Å². The predicted octanol–water partition coefficient (Wildman–Crippen LogP) is 2.72. The highest BCUT2D eigenvalue weighted by atomic mass is 32.2. The van der Waals surface area contributed by atoms with Crippen LogP contribution in [0.4, 0.5) is 4.79 Å². The Kier molecular flexibility index (Phi) is 5.99. The highest BCUT2D eigenvalue weighted by Gasteiger charge is 2.32. The molecule has 0 aromatic carbocycles. The number of nitrogens with one attached hydrogen (secondary N) is 1. The number of ether oxygens (including phenoxy) is 1. The third kappa shape index (κ3) is 4.41. The van der Waals surface area contributed by atoms with Crippen molar-refractivity contribution in [2.45, 2.75) is 31.1 Å². The molecule has 0 spiro atoms. The van der Waals surface area contributed by atoms with Gasteiger partial charge in [-0.2, -0.15) is 11.8 Å². The summed E-state index contributed by atoms with van der Waals surface area (Å²) in [5, 5.41) is 3.09. The van der Waals surface area contributed by atoms with Crippen LogP contribution in [-0.4, -0.2) is 48.2 Å². The van der Waals surface area contributed by atoms with Crippen molar-refractivity contribution in [1.29, 1.82) is 0 Å². The molecule has 1 aliphatic heterocycles. The van der Waals surface area contributed by atoms with Gasteiger partial charge in [-0.05, 0) is 32.1 Å². The molecule has 118 valence electrons. The number of urea groups is 1. The van der Waals surface area contributed by atoms with Crippen molar-refractivity contribution in [3.05, 3.63) is 24.2 Å². The van der Waals surface area contributed by atoms with Gasteiger partial charge in [0.05, 0.1) is 19.1 Å². The molecule has 1 aromatic heterocycles. The van der Waals surface area contributed by atoms with E-state index in [1.54, 1.807) is 17.4 Å². The average molecular weight is 312 g/mol. The molecule has 1 saturated heterocycles. The van der Waals surface area contributed by atoms with Crippen LogP contribution in [0.3, 0.4) is 0 Å². The molecule has 1 aromatic rings. The summed E-state index contributed by atoms with van der Waals surface area (Å²) in [6.45, 7) is 5.49. The van der Waals surface area contributed by atoms with Crippen molar-refractivity contribution in [2.75, 3.05) is 32.6 Å². The van der Waals surface area contributed by atoms with Crippen LogP contribution in [0.5, 0.6) is 0 Å². The summed E-state index contributed by atoms with van der Waals surface area (Å²) in [4.78, 5) is 14.1. The molecular formula is C15H24N2O3S. The molecule has 0 radical (unpaired) electrons. The van der Waals surface area contributed by atoms with Crippen LogP contribution in [-0.2, 0) is 11.3 Å². The highest BCUT2D eigenvalue weighted by molar-refractivity contribution is 8.00. The van der Waals surface area contributed by atoms with E-state index in [0.717, 1.165) is 31.6 Å². The first-order chi connectivity index (χ1) is 10.2. The quantitative estimate of drug-likeness (QED) is 0.877. The maximum Gasteiger partial charge on any atom is 0.317 e. The minimum absolute atomic E-state index is 0.0152. The summed E-state index contributed by atoms with van der Waals surface area (Å²) < 4.78 is 10.6. The van der Waals surface area contributed by atoms with Gasteiger partial charge in [0.25, 0.3) is 0 Å². The summed E-state index contributed by atoms with van der Waals surface area (Å²) in [6, 6.07) is 1.87. The van der Waals surface area contributed by atoms with Gasteiger partial charge >= 0.3 is 6.03 Å². The number of carbonyl (C=O) groups excluding carboxylic acids is 1. The topological polar surface area (TPSA) is 54.7 Å². The highest BCUT2D eigenvalue weighted by Crippen LogP contribution is 2.33. The van der Waals surface area contributed by atoms with Gasteiger partial charge < -0.3 is 19.4 Å². The predicted molar refractivity (Wildman–Crippen MR) is 84.5 cm³/mol. The first-order valence-corrected chi connectivity index (χ1v) is 8.58. The normalized spacial score (nSPS) is 17.4. The number of hydrogen-bond donors (Lipinski definition) is 1. The van der Waals surface area contributed by atoms with E-state index in [9.17, 15) is 4.79 Å². The molecule has 0 aliphatic carbocycles. The third-order valence-corrected chi connectivity index (χ3v) is 5.44. The maximum atomic E-state index is 12.3. The number of amides is 2. The lowest BCUT2D eigenvalue weighted by Gasteiger charge is -2.36. The molecule has 1 aliphatic rings. The largest absolute Gasteiger partial charge is 0.472 e. The maximum absolute atomic E-state index is 12.3. The van der Waals surface area contributed by atoms with Gasteiger partial charge in [-0.1, -0.05) is 0 Å². The van der Waals surface area contributed by atoms with Gasteiger partial charge in [-0.3, -0.25) is 0 Å². The van der Waals surface area contributed by atoms with Crippen LogP contribution in [0.15, 0.2) is 23.0 Å². The summed E-state index contributed by atoms with van der Waals surface area (Å²) in [7, 11) is 0. The van der Waals surface area contributed by atoms with Crippen molar-refractivity contribution in [2.24, 2.45) is 0 Å². The van der Waals surface area contributed by atoms with Crippen molar-refractivity contribution >= 4 is 17.8 Å². The van der Waals surface area contributed by atoms with Crippen molar-refractivity contribution < 1.29 is 13.9 Å². The Morgan fingerprint density at radius 3 is 2.81 bits per heavy atom. The molecule has 21 heavy (non-hydrogen) atoms. The lowest BCUT2D eigenvalue weighted by atomic mass is 9.99. The number of rotatable bonds is 6. The van der Waals surface area contributed by atoms with E-state index < -0.39 is 0 Å². The van der Waals surface area contributed by atoms with Crippen LogP contribution >= 0.6 is 11.8 Å². The summed E-state index contributed by atoms with van der Waals surface area (Å²) >= 11 is 1.83. The third-order valence-electron chi connectivity index (χ3n) is 4.02. The second kappa shape index (κ2) is 7.75. The minimum Gasteiger partial charge on any atom is -0.472 e. The fourth-order valence-electron chi connectivity index (χ4n) is 2.48. The van der Waals surface area contributed by atoms with Crippen LogP contribution in [0.2, 0.25) is 0 Å². The molecule has 1 N–H and O–H groups in total. The fraction of sp³-hybridized carbons (Fsp3) is 0.667. The van der Waals surface area contributed by atoms with Crippen LogP contribution in [0.1, 0.15) is 25.3 Å². The Morgan fingerprint density at radius 2 is 2.24 bits per heavy atom. The van der Waals surface area contributed by atoms with Crippen LogP contribution < -0.4 is 5.32 Å². The number of thioether (sulfide) groups is 1. The van der Waals surface area contributed by atoms with E-state index in [0.29, 0.717) is 19.6 Å². The lowest BCUT2D eigenvalue weighted by molar-refractivity contribution is 0.0772. The molecule has 5 nitrogen and oxygen atoms in total. The molecule has 0 bridgehead atoms. The zero-order chi connectivity index (χ0) is 15.1. The van der Waals surface area contributed by atoms with Crippen LogP contribution in [0.25, 0.3) is 0 Å². The Bertz CT molecular complexity index is 430. The molecule has 1 fully saturated rings. The fourth-order valence-corrected chi connectivity index (χ4v) is 3.27. The standard InChI is InChI=1S/C15H24N2O3S/c1-3-17(10-13-4-7-20-11-13)14(18)16-12-15(21-2)5-8-19-9-6-15/h4,7,11H,3,5-6,8-10,12H2,1-2H3,(H,16,18). The molecule has 0 saturated carbocycles. The number of nitrogens with zero attached hydrogens (tertiary/aromatic N) is 1. The van der Waals surface area contributed by atoms with Gasteiger partial charge in [0, 0.05) is 36.6 Å². The monoisotopic (exact) mass is 312 g/mol. The van der Waals surface area contributed by atoms with Crippen molar-refractivity contribution in [3.8, 4) is 0 Å². The van der Waals surface area contributed by atoms with E-state index in [2.05, 4.69) is 11.6 Å². The Hall–Kier alpha value is -1.14. The van der Waals surface area contributed by atoms with E-state index >= 15 is 0 Å². The van der Waals surface area contributed by atoms with Gasteiger partial charge in [0.2, 0.25) is 0 Å². The molecule has 0 atom stereocenters. The second-order valence-electron chi connectivity index (χ2n) is 5.30. The molecule has 2 amide bonds. The smallest absolute Gasteiger partial charge is 0.317 e. The Labute approximate surface area is 130 Å². The van der Waals surface area contributed by atoms with Gasteiger partial charge in [-0.15, -0.1) is 0 Å². The van der Waals surface area contributed by atoms with Crippen molar-refractivity contribution in [3.63, 3.8) is 0 Å². The molecule has 0 unspecified atom stereocenters. The number of furan rings is 1. The van der Waals surface area contributed by atoms with Gasteiger partial charge in [0.1, 0.15) is 0 Å². The first kappa shape index (κ1) is 16.2. The van der Waals surface area contributed by atoms with E-state index in [1.165, 1.54) is 0 Å². The van der Waals surface area contributed by atoms with Crippen molar-refractivity contribution in [1.82, 2.24) is 10.2 Å². The number of hydrogen-bond acceptors (Lipinski definition) is 4. The van der Waals surface area contributed by atoms with E-state index in [1.807, 2.05) is 24.8 Å². The average Bonchev–Trinajstić information content (AvgIpc) is 3.04. The minimum atomic E-state index is -0.0152. The van der Waals surface area contributed by atoms with E-state index in [4.69, 9.17) is 9.15 Å². The summed E-state index contributed by atoms with van der Waals surface area (Å²) in [5.74, 6) is 0. The Balaban J connectivity index is 1.86. The first-order valence-electron chi connectivity index (χ1n) is 7.36. The van der Waals surface area contributed by atoms with Gasteiger partial charge in [0.15, 0.2) is 0 Å². The lowest BCUT2D eigenvalue weighted by Crippen LogP contribution is -2.48. The van der Waals surface area contributed by atoms with E-state index in [-0.39, 0.29) is 10.8 Å². The molecular weight excluding hydrogens is 288 g/mol. The number of carbonyl (C=O) groups is 1. The molecule has 6 heteroatoms. The molecule has 2 heterocycles.